The van der Waals surface area contributed by atoms with Crippen LogP contribution in [0.1, 0.15) is 31.2 Å². The van der Waals surface area contributed by atoms with Crippen molar-refractivity contribution < 1.29 is 4.79 Å². The molecule has 0 atom stereocenters. The molecule has 2 aromatic heterocycles. The monoisotopic (exact) mass is 307 g/mol. The second kappa shape index (κ2) is 7.31. The number of aromatic nitrogens is 4. The molecule has 0 radical (unpaired) electrons. The molecule has 2 N–H and O–H groups in total. The summed E-state index contributed by atoms with van der Waals surface area (Å²) in [5, 5.41) is 3.62. The summed E-state index contributed by atoms with van der Waals surface area (Å²) in [7, 11) is 0. The lowest BCUT2D eigenvalue weighted by Gasteiger charge is -2.08. The zero-order chi connectivity index (χ0) is 15.2. The van der Waals surface area contributed by atoms with Crippen molar-refractivity contribution in [1.82, 2.24) is 19.5 Å². The first-order chi connectivity index (χ1) is 10.1. The molecule has 2 heterocycles. The number of hydrogen-bond acceptors (Lipinski definition) is 4. The summed E-state index contributed by atoms with van der Waals surface area (Å²) in [6.45, 7) is 7.20. The summed E-state index contributed by atoms with van der Waals surface area (Å²) < 4.78 is 2.20. The number of amides is 1. The Hall–Kier alpha value is -1.76. The van der Waals surface area contributed by atoms with Gasteiger partial charge >= 0.3 is 0 Å². The molecule has 0 saturated heterocycles. The third-order valence-corrected chi connectivity index (χ3v) is 4.22. The molecule has 0 aliphatic heterocycles. The number of anilines is 1. The van der Waals surface area contributed by atoms with E-state index >= 15 is 0 Å². The van der Waals surface area contributed by atoms with Gasteiger partial charge in [-0.2, -0.15) is 0 Å². The van der Waals surface area contributed by atoms with Crippen LogP contribution < -0.4 is 5.32 Å². The summed E-state index contributed by atoms with van der Waals surface area (Å²) >= 11 is 1.46. The van der Waals surface area contributed by atoms with E-state index in [1.807, 2.05) is 6.92 Å². The molecule has 0 spiro atoms. The molecule has 0 bridgehead atoms. The minimum Gasteiger partial charge on any atom is -0.331 e. The quantitative estimate of drug-likeness (QED) is 0.771. The highest BCUT2D eigenvalue weighted by Gasteiger charge is 2.13. The van der Waals surface area contributed by atoms with E-state index in [-0.39, 0.29) is 5.91 Å². The zero-order valence-electron chi connectivity index (χ0n) is 12.6. The highest BCUT2D eigenvalue weighted by molar-refractivity contribution is 7.99. The van der Waals surface area contributed by atoms with Crippen LogP contribution in [0.4, 0.5) is 5.95 Å². The number of hydrogen-bond donors (Lipinski definition) is 2. The standard InChI is InChI=1S/C14H21N5OS/c1-4-5-8-19-11(3)10(2)17-14(19)21-9-12(20)18-13-15-6-7-16-13/h6-7H,4-5,8-9H2,1-3H3,(H2,15,16,18,20). The highest BCUT2D eigenvalue weighted by atomic mass is 32.2. The number of carbonyl (C=O) groups excluding carboxylic acids is 1. The normalized spacial score (nSPS) is 10.8. The number of imidazole rings is 2. The van der Waals surface area contributed by atoms with Gasteiger partial charge in [0, 0.05) is 24.6 Å². The zero-order valence-corrected chi connectivity index (χ0v) is 13.5. The third-order valence-electron chi connectivity index (χ3n) is 3.25. The number of carbonyl (C=O) groups is 1. The smallest absolute Gasteiger partial charge is 0.237 e. The van der Waals surface area contributed by atoms with Gasteiger partial charge in [-0.3, -0.25) is 10.1 Å². The Bertz CT molecular complexity index is 591. The summed E-state index contributed by atoms with van der Waals surface area (Å²) in [5.74, 6) is 0.709. The lowest BCUT2D eigenvalue weighted by molar-refractivity contribution is -0.113. The molecule has 2 rings (SSSR count). The van der Waals surface area contributed by atoms with E-state index in [0.29, 0.717) is 11.7 Å². The molecule has 6 nitrogen and oxygen atoms in total. The van der Waals surface area contributed by atoms with E-state index < -0.39 is 0 Å². The van der Waals surface area contributed by atoms with Crippen molar-refractivity contribution in [2.75, 3.05) is 11.1 Å². The topological polar surface area (TPSA) is 75.6 Å². The predicted molar refractivity (Wildman–Crippen MR) is 84.6 cm³/mol. The lowest BCUT2D eigenvalue weighted by atomic mass is 10.3. The number of thioether (sulfide) groups is 1. The van der Waals surface area contributed by atoms with Gasteiger partial charge in [0.2, 0.25) is 11.9 Å². The predicted octanol–water partition coefficient (Wildman–Crippen LogP) is 2.75. The van der Waals surface area contributed by atoms with Gasteiger partial charge in [0.1, 0.15) is 0 Å². The van der Waals surface area contributed by atoms with Crippen molar-refractivity contribution in [3.63, 3.8) is 0 Å². The molecule has 1 amide bonds. The average molecular weight is 307 g/mol. The molecule has 0 aromatic carbocycles. The first-order valence-corrected chi connectivity index (χ1v) is 8.06. The Kier molecular flexibility index (Phi) is 5.44. The van der Waals surface area contributed by atoms with E-state index in [0.717, 1.165) is 30.2 Å². The Balaban J connectivity index is 1.95. The summed E-state index contributed by atoms with van der Waals surface area (Å²) in [6.07, 6.45) is 5.53. The van der Waals surface area contributed by atoms with Crippen molar-refractivity contribution in [3.8, 4) is 0 Å². The summed E-state index contributed by atoms with van der Waals surface area (Å²) in [5.41, 5.74) is 2.21. The number of unbranched alkanes of at least 4 members (excludes halogenated alkanes) is 1. The molecule has 7 heteroatoms. The van der Waals surface area contributed by atoms with Gasteiger partial charge in [-0.1, -0.05) is 25.1 Å². The van der Waals surface area contributed by atoms with Crippen LogP contribution in [0.2, 0.25) is 0 Å². The van der Waals surface area contributed by atoms with Gasteiger partial charge in [-0.25, -0.2) is 9.97 Å². The molecule has 0 unspecified atom stereocenters. The first kappa shape index (κ1) is 15.6. The largest absolute Gasteiger partial charge is 0.331 e. The van der Waals surface area contributed by atoms with Crippen molar-refractivity contribution in [3.05, 3.63) is 23.8 Å². The van der Waals surface area contributed by atoms with Crippen LogP contribution in [0.3, 0.4) is 0 Å². The van der Waals surface area contributed by atoms with Crippen LogP contribution in [0.15, 0.2) is 17.6 Å². The highest BCUT2D eigenvalue weighted by Crippen LogP contribution is 2.22. The Morgan fingerprint density at radius 1 is 1.48 bits per heavy atom. The Morgan fingerprint density at radius 3 is 2.95 bits per heavy atom. The molecule has 0 fully saturated rings. The van der Waals surface area contributed by atoms with Crippen molar-refractivity contribution >= 4 is 23.6 Å². The van der Waals surface area contributed by atoms with E-state index in [4.69, 9.17) is 0 Å². The fraction of sp³-hybridized carbons (Fsp3) is 0.500. The van der Waals surface area contributed by atoms with Crippen LogP contribution in [0.25, 0.3) is 0 Å². The van der Waals surface area contributed by atoms with Gasteiger partial charge in [-0.05, 0) is 20.3 Å². The van der Waals surface area contributed by atoms with Gasteiger partial charge in [0.05, 0.1) is 11.4 Å². The number of aromatic amines is 1. The minimum atomic E-state index is -0.0877. The maximum atomic E-state index is 11.9. The number of rotatable bonds is 7. The Morgan fingerprint density at radius 2 is 2.29 bits per heavy atom. The molecule has 2 aromatic rings. The van der Waals surface area contributed by atoms with Gasteiger partial charge < -0.3 is 9.55 Å². The Labute approximate surface area is 128 Å². The summed E-state index contributed by atoms with van der Waals surface area (Å²) in [4.78, 5) is 23.2. The van der Waals surface area contributed by atoms with Crippen LogP contribution in [-0.2, 0) is 11.3 Å². The van der Waals surface area contributed by atoms with Crippen LogP contribution in [0.5, 0.6) is 0 Å². The van der Waals surface area contributed by atoms with Crippen LogP contribution in [-0.4, -0.2) is 31.2 Å². The van der Waals surface area contributed by atoms with E-state index in [9.17, 15) is 4.79 Å². The van der Waals surface area contributed by atoms with Gasteiger partial charge in [0.15, 0.2) is 5.16 Å². The molecule has 0 aliphatic rings. The lowest BCUT2D eigenvalue weighted by Crippen LogP contribution is -2.15. The third kappa shape index (κ3) is 4.10. The second-order valence-corrected chi connectivity index (χ2v) is 5.79. The number of nitrogens with one attached hydrogen (secondary N) is 2. The second-order valence-electron chi connectivity index (χ2n) is 4.85. The number of aryl methyl sites for hydroxylation is 1. The molecular weight excluding hydrogens is 286 g/mol. The SMILES string of the molecule is CCCCn1c(SCC(=O)Nc2ncc[nH]2)nc(C)c1C. The van der Waals surface area contributed by atoms with Crippen LogP contribution >= 0.6 is 11.8 Å². The maximum Gasteiger partial charge on any atom is 0.237 e. The number of H-pyrrole nitrogens is 1. The molecule has 0 aliphatic carbocycles. The fourth-order valence-corrected chi connectivity index (χ4v) is 2.86. The average Bonchev–Trinajstić information content (AvgIpc) is 3.05. The van der Waals surface area contributed by atoms with E-state index in [1.54, 1.807) is 12.4 Å². The molecule has 114 valence electrons. The minimum absolute atomic E-state index is 0.0877. The van der Waals surface area contributed by atoms with Crippen molar-refractivity contribution in [2.45, 2.75) is 45.3 Å². The van der Waals surface area contributed by atoms with Crippen molar-refractivity contribution in [2.24, 2.45) is 0 Å². The maximum absolute atomic E-state index is 11.9. The van der Waals surface area contributed by atoms with E-state index in [2.05, 4.69) is 38.7 Å². The fourth-order valence-electron chi connectivity index (χ4n) is 1.95. The number of nitrogens with zero attached hydrogens (tertiary/aromatic N) is 3. The van der Waals surface area contributed by atoms with Crippen molar-refractivity contribution in [1.29, 1.82) is 0 Å². The first-order valence-electron chi connectivity index (χ1n) is 7.07. The van der Waals surface area contributed by atoms with E-state index in [1.165, 1.54) is 17.5 Å². The summed E-state index contributed by atoms with van der Waals surface area (Å²) in [6, 6.07) is 0. The van der Waals surface area contributed by atoms with Crippen LogP contribution in [0, 0.1) is 13.8 Å². The molecule has 0 saturated carbocycles. The molecular formula is C14H21N5OS. The van der Waals surface area contributed by atoms with Gasteiger partial charge in [-0.15, -0.1) is 0 Å². The van der Waals surface area contributed by atoms with Gasteiger partial charge in [0.25, 0.3) is 0 Å². The molecule has 21 heavy (non-hydrogen) atoms.